The van der Waals surface area contributed by atoms with Gasteiger partial charge in [0.1, 0.15) is 6.29 Å². The van der Waals surface area contributed by atoms with Crippen molar-refractivity contribution in [1.82, 2.24) is 4.98 Å². The Labute approximate surface area is 122 Å². The molecule has 0 aliphatic carbocycles. The lowest BCUT2D eigenvalue weighted by Gasteiger charge is -2.06. The normalized spacial score (nSPS) is 12.2. The lowest BCUT2D eigenvalue weighted by molar-refractivity contribution is 0.112. The second kappa shape index (κ2) is 5.52. The lowest BCUT2D eigenvalue weighted by Crippen LogP contribution is -2.05. The molecule has 4 nitrogen and oxygen atoms in total. The highest BCUT2D eigenvalue weighted by Gasteiger charge is 2.10. The number of carbonyl (C=O) groups excluding carboxylic acids is 1. The molecule has 0 saturated carbocycles. The highest BCUT2D eigenvalue weighted by Crippen LogP contribution is 2.24. The van der Waals surface area contributed by atoms with E-state index in [2.05, 4.69) is 9.71 Å². The van der Waals surface area contributed by atoms with E-state index in [4.69, 9.17) is 0 Å². The number of nitrogens with zero attached hydrogens (tertiary/aromatic N) is 1. The summed E-state index contributed by atoms with van der Waals surface area (Å²) in [7, 11) is -1.39. The standard InChI is InChI=1S/C14H10N2O2S2/c17-8-10-4-6-11(7-5-10)16-20(18)13-3-1-2-12-14(13)15-9-19-12/h1-9,16H. The van der Waals surface area contributed by atoms with Crippen LogP contribution in [0.1, 0.15) is 10.4 Å². The highest BCUT2D eigenvalue weighted by atomic mass is 32.2. The van der Waals surface area contributed by atoms with E-state index in [-0.39, 0.29) is 0 Å². The monoisotopic (exact) mass is 302 g/mol. The van der Waals surface area contributed by atoms with Crippen molar-refractivity contribution in [1.29, 1.82) is 0 Å². The number of para-hydroxylation sites is 1. The molecule has 0 aliphatic heterocycles. The van der Waals surface area contributed by atoms with Gasteiger partial charge in [0, 0.05) is 11.3 Å². The summed E-state index contributed by atoms with van der Waals surface area (Å²) < 4.78 is 16.3. The molecule has 20 heavy (non-hydrogen) atoms. The molecule has 0 amide bonds. The zero-order valence-corrected chi connectivity index (χ0v) is 11.9. The van der Waals surface area contributed by atoms with Crippen molar-refractivity contribution >= 4 is 44.5 Å². The van der Waals surface area contributed by atoms with Gasteiger partial charge in [-0.25, -0.2) is 9.19 Å². The molecule has 1 aromatic heterocycles. The molecular weight excluding hydrogens is 292 g/mol. The zero-order valence-electron chi connectivity index (χ0n) is 10.3. The number of aromatic nitrogens is 1. The van der Waals surface area contributed by atoms with Crippen LogP contribution in [0.5, 0.6) is 0 Å². The maximum Gasteiger partial charge on any atom is 0.152 e. The van der Waals surface area contributed by atoms with E-state index in [0.29, 0.717) is 16.1 Å². The molecule has 0 spiro atoms. The minimum atomic E-state index is -1.39. The molecule has 3 rings (SSSR count). The van der Waals surface area contributed by atoms with Crippen molar-refractivity contribution in [2.75, 3.05) is 4.72 Å². The lowest BCUT2D eigenvalue weighted by atomic mass is 10.2. The summed E-state index contributed by atoms with van der Waals surface area (Å²) >= 11 is 1.52. The topological polar surface area (TPSA) is 59.1 Å². The van der Waals surface area contributed by atoms with Crippen molar-refractivity contribution in [2.24, 2.45) is 0 Å². The summed E-state index contributed by atoms with van der Waals surface area (Å²) in [6.45, 7) is 0. The number of fused-ring (bicyclic) bond motifs is 1. The van der Waals surface area contributed by atoms with Gasteiger partial charge in [-0.3, -0.25) is 4.79 Å². The van der Waals surface area contributed by atoms with Crippen LogP contribution in [-0.2, 0) is 11.0 Å². The molecule has 2 aromatic carbocycles. The largest absolute Gasteiger partial charge is 0.301 e. The van der Waals surface area contributed by atoms with E-state index < -0.39 is 11.0 Å². The average Bonchev–Trinajstić information content (AvgIpc) is 2.96. The third kappa shape index (κ3) is 2.48. The molecular formula is C14H10N2O2S2. The maximum absolute atomic E-state index is 12.4. The van der Waals surface area contributed by atoms with Crippen molar-refractivity contribution < 1.29 is 9.00 Å². The second-order valence-electron chi connectivity index (χ2n) is 4.07. The van der Waals surface area contributed by atoms with Gasteiger partial charge in [-0.2, -0.15) is 0 Å². The smallest absolute Gasteiger partial charge is 0.152 e. The highest BCUT2D eigenvalue weighted by molar-refractivity contribution is 7.86. The van der Waals surface area contributed by atoms with Crippen LogP contribution in [0.3, 0.4) is 0 Å². The first-order valence-corrected chi connectivity index (χ1v) is 7.87. The third-order valence-corrected chi connectivity index (χ3v) is 4.72. The molecule has 1 atom stereocenters. The number of carbonyl (C=O) groups is 1. The van der Waals surface area contributed by atoms with Crippen LogP contribution in [-0.4, -0.2) is 15.5 Å². The zero-order chi connectivity index (χ0) is 13.9. The van der Waals surface area contributed by atoms with E-state index in [0.717, 1.165) is 16.5 Å². The minimum absolute atomic E-state index is 0.586. The van der Waals surface area contributed by atoms with Gasteiger partial charge < -0.3 is 4.72 Å². The Bertz CT molecular complexity index is 781. The van der Waals surface area contributed by atoms with Gasteiger partial charge in [0.05, 0.1) is 20.6 Å². The summed E-state index contributed by atoms with van der Waals surface area (Å²) in [5, 5.41) is 0. The molecule has 1 heterocycles. The quantitative estimate of drug-likeness (QED) is 0.753. The molecule has 1 N–H and O–H groups in total. The Kier molecular flexibility index (Phi) is 3.58. The summed E-state index contributed by atoms with van der Waals surface area (Å²) in [6, 6.07) is 12.4. The minimum Gasteiger partial charge on any atom is -0.301 e. The maximum atomic E-state index is 12.4. The van der Waals surface area contributed by atoms with Gasteiger partial charge in [0.2, 0.25) is 0 Å². The molecule has 1 unspecified atom stereocenters. The number of hydrogen-bond donors (Lipinski definition) is 1. The predicted molar refractivity (Wildman–Crippen MR) is 81.5 cm³/mol. The first-order chi connectivity index (χ1) is 9.78. The number of anilines is 1. The Balaban J connectivity index is 1.88. The fraction of sp³-hybridized carbons (Fsp3) is 0. The predicted octanol–water partition coefficient (Wildman–Crippen LogP) is 3.24. The van der Waals surface area contributed by atoms with E-state index >= 15 is 0 Å². The Morgan fingerprint density at radius 3 is 2.70 bits per heavy atom. The average molecular weight is 302 g/mol. The molecule has 0 aliphatic rings. The first-order valence-electron chi connectivity index (χ1n) is 5.84. The number of benzene rings is 2. The van der Waals surface area contributed by atoms with Gasteiger partial charge in [0.15, 0.2) is 11.0 Å². The number of thiazole rings is 1. The Morgan fingerprint density at radius 2 is 1.95 bits per heavy atom. The SMILES string of the molecule is O=Cc1ccc(NS(=O)c2cccc3scnc23)cc1. The van der Waals surface area contributed by atoms with Crippen LogP contribution in [0.15, 0.2) is 52.9 Å². The summed E-state index contributed by atoms with van der Waals surface area (Å²) in [4.78, 5) is 15.5. The van der Waals surface area contributed by atoms with Gasteiger partial charge >= 0.3 is 0 Å². The van der Waals surface area contributed by atoms with Crippen LogP contribution in [0.25, 0.3) is 10.2 Å². The van der Waals surface area contributed by atoms with Gasteiger partial charge in [-0.05, 0) is 36.4 Å². The Hall–Kier alpha value is -2.05. The number of nitrogens with one attached hydrogen (secondary N) is 1. The van der Waals surface area contributed by atoms with Gasteiger partial charge in [-0.1, -0.05) is 6.07 Å². The number of aldehydes is 1. The Morgan fingerprint density at radius 1 is 1.15 bits per heavy atom. The van der Waals surface area contributed by atoms with Gasteiger partial charge in [0.25, 0.3) is 0 Å². The molecule has 3 aromatic rings. The molecule has 6 heteroatoms. The fourth-order valence-corrected chi connectivity index (χ4v) is 3.57. The van der Waals surface area contributed by atoms with Crippen LogP contribution in [0.2, 0.25) is 0 Å². The van der Waals surface area contributed by atoms with E-state index in [1.54, 1.807) is 35.8 Å². The summed E-state index contributed by atoms with van der Waals surface area (Å²) in [5.74, 6) is 0. The molecule has 0 fully saturated rings. The molecule has 100 valence electrons. The number of rotatable bonds is 4. The summed E-state index contributed by atoms with van der Waals surface area (Å²) in [5.41, 5.74) is 3.78. The van der Waals surface area contributed by atoms with Crippen LogP contribution in [0, 0.1) is 0 Å². The molecule has 0 bridgehead atoms. The molecule has 0 saturated heterocycles. The summed E-state index contributed by atoms with van der Waals surface area (Å²) in [6.07, 6.45) is 0.775. The van der Waals surface area contributed by atoms with Crippen LogP contribution in [0.4, 0.5) is 5.69 Å². The second-order valence-corrected chi connectivity index (χ2v) is 6.13. The van der Waals surface area contributed by atoms with Crippen molar-refractivity contribution in [2.45, 2.75) is 4.90 Å². The van der Waals surface area contributed by atoms with Crippen LogP contribution >= 0.6 is 11.3 Å². The molecule has 0 radical (unpaired) electrons. The van der Waals surface area contributed by atoms with E-state index in [1.165, 1.54) is 11.3 Å². The first kappa shape index (κ1) is 13.0. The number of hydrogen-bond acceptors (Lipinski definition) is 4. The van der Waals surface area contributed by atoms with E-state index in [9.17, 15) is 9.00 Å². The van der Waals surface area contributed by atoms with Crippen LogP contribution < -0.4 is 4.72 Å². The fourth-order valence-electron chi connectivity index (χ4n) is 1.80. The van der Waals surface area contributed by atoms with Crippen molar-refractivity contribution in [3.8, 4) is 0 Å². The third-order valence-electron chi connectivity index (χ3n) is 2.78. The van der Waals surface area contributed by atoms with Crippen molar-refractivity contribution in [3.63, 3.8) is 0 Å². The van der Waals surface area contributed by atoms with Gasteiger partial charge in [-0.15, -0.1) is 11.3 Å². The van der Waals surface area contributed by atoms with E-state index in [1.807, 2.05) is 12.1 Å². The van der Waals surface area contributed by atoms with Crippen molar-refractivity contribution in [3.05, 3.63) is 53.5 Å².